The lowest BCUT2D eigenvalue weighted by atomic mass is 9.98. The fourth-order valence-corrected chi connectivity index (χ4v) is 3.82. The lowest BCUT2D eigenvalue weighted by Gasteiger charge is -2.35. The second kappa shape index (κ2) is 7.28. The number of hydrogen-bond acceptors (Lipinski definition) is 4. The molecule has 1 saturated heterocycles. The zero-order chi connectivity index (χ0) is 16.2. The molecule has 0 bridgehead atoms. The van der Waals surface area contributed by atoms with Crippen LogP contribution in [-0.2, 0) is 9.53 Å². The van der Waals surface area contributed by atoms with Gasteiger partial charge in [-0.25, -0.2) is 0 Å². The Labute approximate surface area is 137 Å². The summed E-state index contributed by atoms with van der Waals surface area (Å²) in [4.78, 5) is 14.0. The standard InChI is InChI=1S/C19H25NO3/c1-23-19(22)16-12-17(18(21)13-16)20-9-7-15(8-10-20)11-14-5-3-2-4-6-14/h2-6,11,16-18,21H,7-10,12-13H2,1H3/t16-,17+,18+/m0/s1. The van der Waals surface area contributed by atoms with Crippen LogP contribution in [0, 0.1) is 5.92 Å². The molecule has 0 unspecified atom stereocenters. The SMILES string of the molecule is COC(=O)[C@@H]1C[C@@H](O)[C@H](N2CCC(=Cc3ccccc3)CC2)C1. The Kier molecular flexibility index (Phi) is 5.13. The Morgan fingerprint density at radius 3 is 2.57 bits per heavy atom. The van der Waals surface area contributed by atoms with Gasteiger partial charge in [-0.05, 0) is 31.2 Å². The topological polar surface area (TPSA) is 49.8 Å². The smallest absolute Gasteiger partial charge is 0.308 e. The van der Waals surface area contributed by atoms with E-state index in [1.165, 1.54) is 18.2 Å². The minimum absolute atomic E-state index is 0.0948. The number of carbonyl (C=O) groups is 1. The Bertz CT molecular complexity index is 559. The molecule has 23 heavy (non-hydrogen) atoms. The molecular formula is C19H25NO3. The van der Waals surface area contributed by atoms with E-state index in [9.17, 15) is 9.90 Å². The first-order chi connectivity index (χ1) is 11.2. The molecule has 1 saturated carbocycles. The number of nitrogens with zero attached hydrogens (tertiary/aromatic N) is 1. The van der Waals surface area contributed by atoms with Crippen molar-refractivity contribution < 1.29 is 14.6 Å². The highest BCUT2D eigenvalue weighted by atomic mass is 16.5. The molecule has 3 rings (SSSR count). The van der Waals surface area contributed by atoms with Gasteiger partial charge in [-0.1, -0.05) is 42.0 Å². The summed E-state index contributed by atoms with van der Waals surface area (Å²) in [7, 11) is 1.42. The number of benzene rings is 1. The summed E-state index contributed by atoms with van der Waals surface area (Å²) in [5.74, 6) is -0.338. The molecule has 4 nitrogen and oxygen atoms in total. The maximum Gasteiger partial charge on any atom is 0.308 e. The number of carbonyl (C=O) groups excluding carboxylic acids is 1. The van der Waals surface area contributed by atoms with E-state index in [1.807, 2.05) is 6.07 Å². The summed E-state index contributed by atoms with van der Waals surface area (Å²) >= 11 is 0. The number of ether oxygens (including phenoxy) is 1. The third-order valence-electron chi connectivity index (χ3n) is 5.11. The minimum atomic E-state index is -0.418. The molecule has 2 fully saturated rings. The van der Waals surface area contributed by atoms with Gasteiger partial charge in [0.15, 0.2) is 0 Å². The van der Waals surface area contributed by atoms with Crippen molar-refractivity contribution in [2.45, 2.75) is 37.8 Å². The van der Waals surface area contributed by atoms with E-state index in [1.54, 1.807) is 0 Å². The highest BCUT2D eigenvalue weighted by Crippen LogP contribution is 2.33. The molecule has 1 aromatic rings. The number of hydrogen-bond donors (Lipinski definition) is 1. The van der Waals surface area contributed by atoms with E-state index in [0.717, 1.165) is 25.9 Å². The van der Waals surface area contributed by atoms with Crippen LogP contribution in [0.25, 0.3) is 6.08 Å². The van der Waals surface area contributed by atoms with Crippen LogP contribution in [-0.4, -0.2) is 48.3 Å². The van der Waals surface area contributed by atoms with Crippen LogP contribution < -0.4 is 0 Å². The molecule has 3 atom stereocenters. The van der Waals surface area contributed by atoms with Crippen molar-refractivity contribution in [2.75, 3.05) is 20.2 Å². The molecule has 1 heterocycles. The van der Waals surface area contributed by atoms with Crippen LogP contribution in [0.2, 0.25) is 0 Å². The van der Waals surface area contributed by atoms with Crippen LogP contribution in [0.5, 0.6) is 0 Å². The predicted octanol–water partition coefficient (Wildman–Crippen LogP) is 2.48. The van der Waals surface area contributed by atoms with E-state index in [0.29, 0.717) is 12.8 Å². The second-order valence-electron chi connectivity index (χ2n) is 6.58. The van der Waals surface area contributed by atoms with Gasteiger partial charge in [-0.2, -0.15) is 0 Å². The van der Waals surface area contributed by atoms with Crippen molar-refractivity contribution in [1.29, 1.82) is 0 Å². The van der Waals surface area contributed by atoms with Crippen LogP contribution in [0.3, 0.4) is 0 Å². The van der Waals surface area contributed by atoms with Gasteiger partial charge < -0.3 is 9.84 Å². The number of aliphatic hydroxyl groups excluding tert-OH is 1. The van der Waals surface area contributed by atoms with Crippen LogP contribution in [0.1, 0.15) is 31.2 Å². The highest BCUT2D eigenvalue weighted by molar-refractivity contribution is 5.72. The van der Waals surface area contributed by atoms with E-state index < -0.39 is 6.10 Å². The lowest BCUT2D eigenvalue weighted by Crippen LogP contribution is -2.43. The maximum atomic E-state index is 11.7. The van der Waals surface area contributed by atoms with Crippen molar-refractivity contribution in [2.24, 2.45) is 5.92 Å². The first kappa shape index (κ1) is 16.2. The van der Waals surface area contributed by atoms with Crippen LogP contribution in [0.15, 0.2) is 35.9 Å². The fraction of sp³-hybridized carbons (Fsp3) is 0.526. The average molecular weight is 315 g/mol. The number of esters is 1. The zero-order valence-electron chi connectivity index (χ0n) is 13.6. The average Bonchev–Trinajstić information content (AvgIpc) is 2.98. The molecule has 0 radical (unpaired) electrons. The van der Waals surface area contributed by atoms with Crippen LogP contribution in [0.4, 0.5) is 0 Å². The zero-order valence-corrected chi connectivity index (χ0v) is 13.6. The van der Waals surface area contributed by atoms with E-state index >= 15 is 0 Å². The Morgan fingerprint density at radius 2 is 1.91 bits per heavy atom. The molecular weight excluding hydrogens is 290 g/mol. The number of likely N-dealkylation sites (tertiary alicyclic amines) is 1. The Balaban J connectivity index is 1.57. The van der Waals surface area contributed by atoms with Crippen molar-refractivity contribution in [3.8, 4) is 0 Å². The molecule has 1 aliphatic heterocycles. The minimum Gasteiger partial charge on any atom is -0.469 e. The number of aliphatic hydroxyl groups is 1. The van der Waals surface area contributed by atoms with Gasteiger partial charge in [0.25, 0.3) is 0 Å². The van der Waals surface area contributed by atoms with Crippen molar-refractivity contribution in [1.82, 2.24) is 4.90 Å². The summed E-state index contributed by atoms with van der Waals surface area (Å²) in [6.45, 7) is 1.91. The molecule has 124 valence electrons. The lowest BCUT2D eigenvalue weighted by molar-refractivity contribution is -0.145. The normalized spacial score (nSPS) is 28.6. The van der Waals surface area contributed by atoms with Crippen molar-refractivity contribution in [3.05, 3.63) is 41.5 Å². The molecule has 0 aromatic heterocycles. The van der Waals surface area contributed by atoms with E-state index in [2.05, 4.69) is 35.2 Å². The second-order valence-corrected chi connectivity index (χ2v) is 6.58. The van der Waals surface area contributed by atoms with Gasteiger partial charge in [0.1, 0.15) is 0 Å². The summed E-state index contributed by atoms with van der Waals surface area (Å²) in [6, 6.07) is 10.5. The molecule has 1 aliphatic carbocycles. The number of methoxy groups -OCH3 is 1. The van der Waals surface area contributed by atoms with Gasteiger partial charge >= 0.3 is 5.97 Å². The molecule has 1 aromatic carbocycles. The van der Waals surface area contributed by atoms with Gasteiger partial charge in [-0.15, -0.1) is 0 Å². The Morgan fingerprint density at radius 1 is 1.22 bits per heavy atom. The third kappa shape index (κ3) is 3.82. The van der Waals surface area contributed by atoms with Crippen molar-refractivity contribution >= 4 is 12.0 Å². The van der Waals surface area contributed by atoms with Crippen molar-refractivity contribution in [3.63, 3.8) is 0 Å². The molecule has 0 spiro atoms. The Hall–Kier alpha value is -1.65. The summed E-state index contributed by atoms with van der Waals surface area (Å²) < 4.78 is 4.82. The number of rotatable bonds is 3. The maximum absolute atomic E-state index is 11.7. The molecule has 2 aliphatic rings. The van der Waals surface area contributed by atoms with Crippen LogP contribution >= 0.6 is 0 Å². The monoisotopic (exact) mass is 315 g/mol. The quantitative estimate of drug-likeness (QED) is 0.871. The van der Waals surface area contributed by atoms with E-state index in [4.69, 9.17) is 4.74 Å². The van der Waals surface area contributed by atoms with Gasteiger partial charge in [0, 0.05) is 19.1 Å². The van der Waals surface area contributed by atoms with E-state index in [-0.39, 0.29) is 17.9 Å². The molecule has 1 N–H and O–H groups in total. The molecule has 0 amide bonds. The van der Waals surface area contributed by atoms with Gasteiger partial charge in [0.2, 0.25) is 0 Å². The summed E-state index contributed by atoms with van der Waals surface area (Å²) in [6.07, 6.45) is 5.16. The highest BCUT2D eigenvalue weighted by Gasteiger charge is 2.40. The summed E-state index contributed by atoms with van der Waals surface area (Å²) in [5.41, 5.74) is 2.71. The van der Waals surface area contributed by atoms with Gasteiger partial charge in [0.05, 0.1) is 19.1 Å². The fourth-order valence-electron chi connectivity index (χ4n) is 3.82. The summed E-state index contributed by atoms with van der Waals surface area (Å²) in [5, 5.41) is 10.3. The molecule has 4 heteroatoms. The largest absolute Gasteiger partial charge is 0.469 e. The number of piperidine rings is 1. The predicted molar refractivity (Wildman–Crippen MR) is 89.8 cm³/mol. The van der Waals surface area contributed by atoms with Gasteiger partial charge in [-0.3, -0.25) is 9.69 Å². The third-order valence-corrected chi connectivity index (χ3v) is 5.11. The first-order valence-corrected chi connectivity index (χ1v) is 8.42. The first-order valence-electron chi connectivity index (χ1n) is 8.42.